The van der Waals surface area contributed by atoms with Crippen LogP contribution < -0.4 is 5.32 Å². The first-order valence-electron chi connectivity index (χ1n) is 6.73. The van der Waals surface area contributed by atoms with E-state index in [1.165, 1.54) is 12.1 Å². The molecule has 0 saturated heterocycles. The third-order valence-corrected chi connectivity index (χ3v) is 3.80. The van der Waals surface area contributed by atoms with Crippen molar-refractivity contribution in [3.8, 4) is 0 Å². The maximum Gasteiger partial charge on any atom is 0.254 e. The highest BCUT2D eigenvalue weighted by Crippen LogP contribution is 2.29. The monoisotopic (exact) mass is 273 g/mol. The Labute approximate surface area is 116 Å². The first kappa shape index (κ1) is 12.8. The number of hydrogen-bond donors (Lipinski definition) is 1. The van der Waals surface area contributed by atoms with E-state index in [1.54, 1.807) is 18.3 Å². The van der Waals surface area contributed by atoms with E-state index in [0.717, 1.165) is 30.5 Å². The molecule has 4 nitrogen and oxygen atoms in total. The minimum Gasteiger partial charge on any atom is -0.345 e. The highest BCUT2D eigenvalue weighted by atomic mass is 19.1. The zero-order valence-corrected chi connectivity index (χ0v) is 11.3. The molecule has 1 atom stereocenters. The molecule has 1 aromatic heterocycles. The highest BCUT2D eigenvalue weighted by Gasteiger charge is 2.25. The summed E-state index contributed by atoms with van der Waals surface area (Å²) in [5.74, 6) is -0.864. The molecular weight excluding hydrogens is 257 g/mol. The Morgan fingerprint density at radius 2 is 2.25 bits per heavy atom. The van der Waals surface area contributed by atoms with Gasteiger partial charge in [-0.15, -0.1) is 0 Å². The molecule has 2 aromatic rings. The molecule has 0 fully saturated rings. The maximum atomic E-state index is 13.6. The minimum absolute atomic E-state index is 0.0837. The zero-order valence-electron chi connectivity index (χ0n) is 11.3. The number of nitrogens with zero attached hydrogens (tertiary/aromatic N) is 2. The lowest BCUT2D eigenvalue weighted by Crippen LogP contribution is -2.31. The topological polar surface area (TPSA) is 46.9 Å². The Kier molecular flexibility index (Phi) is 3.26. The fourth-order valence-electron chi connectivity index (χ4n) is 2.74. The van der Waals surface area contributed by atoms with Crippen molar-refractivity contribution in [2.24, 2.45) is 7.05 Å². The van der Waals surface area contributed by atoms with E-state index in [2.05, 4.69) is 10.4 Å². The summed E-state index contributed by atoms with van der Waals surface area (Å²) >= 11 is 0. The third-order valence-electron chi connectivity index (χ3n) is 3.80. The van der Waals surface area contributed by atoms with Gasteiger partial charge in [-0.25, -0.2) is 4.39 Å². The van der Waals surface area contributed by atoms with Crippen LogP contribution in [0.1, 0.15) is 40.5 Å². The van der Waals surface area contributed by atoms with Crippen molar-refractivity contribution in [3.63, 3.8) is 0 Å². The van der Waals surface area contributed by atoms with Gasteiger partial charge in [0.1, 0.15) is 5.82 Å². The largest absolute Gasteiger partial charge is 0.345 e. The van der Waals surface area contributed by atoms with E-state index < -0.39 is 5.82 Å². The van der Waals surface area contributed by atoms with Gasteiger partial charge in [0.15, 0.2) is 0 Å². The summed E-state index contributed by atoms with van der Waals surface area (Å²) in [5, 5.41) is 7.15. The average Bonchev–Trinajstić information content (AvgIpc) is 2.82. The molecule has 1 aromatic carbocycles. The number of halogens is 1. The quantitative estimate of drug-likeness (QED) is 0.913. The number of carbonyl (C=O) groups is 1. The van der Waals surface area contributed by atoms with Gasteiger partial charge < -0.3 is 5.32 Å². The number of amides is 1. The predicted molar refractivity (Wildman–Crippen MR) is 72.8 cm³/mol. The van der Waals surface area contributed by atoms with Gasteiger partial charge in [-0.3, -0.25) is 9.48 Å². The summed E-state index contributed by atoms with van der Waals surface area (Å²) < 4.78 is 15.5. The second-order valence-electron chi connectivity index (χ2n) is 5.07. The lowest BCUT2D eigenvalue weighted by atomic mass is 9.92. The second kappa shape index (κ2) is 5.07. The van der Waals surface area contributed by atoms with Crippen LogP contribution in [-0.2, 0) is 13.5 Å². The van der Waals surface area contributed by atoms with Crippen LogP contribution >= 0.6 is 0 Å². The van der Waals surface area contributed by atoms with Crippen LogP contribution in [0, 0.1) is 5.82 Å². The number of rotatable bonds is 2. The first-order chi connectivity index (χ1) is 9.66. The maximum absolute atomic E-state index is 13.6. The Balaban J connectivity index is 1.83. The van der Waals surface area contributed by atoms with Gasteiger partial charge in [-0.2, -0.15) is 5.10 Å². The third kappa shape index (κ3) is 2.19. The van der Waals surface area contributed by atoms with Crippen LogP contribution in [-0.4, -0.2) is 15.7 Å². The van der Waals surface area contributed by atoms with Crippen LogP contribution in [0.2, 0.25) is 0 Å². The molecule has 1 unspecified atom stereocenters. The van der Waals surface area contributed by atoms with Gasteiger partial charge in [0, 0.05) is 18.3 Å². The van der Waals surface area contributed by atoms with Crippen LogP contribution in [0.25, 0.3) is 0 Å². The lowest BCUT2D eigenvalue weighted by molar-refractivity contribution is 0.0928. The standard InChI is InChI=1S/C15H16FN3O/c1-19-14-8-4-7-13(11(14)9-17-19)18-15(20)10-5-2-3-6-12(10)16/h2-3,5-6,9,13H,4,7-8H2,1H3,(H,18,20). The number of carbonyl (C=O) groups excluding carboxylic acids is 1. The van der Waals surface area contributed by atoms with E-state index in [-0.39, 0.29) is 17.5 Å². The van der Waals surface area contributed by atoms with Gasteiger partial charge in [0.2, 0.25) is 0 Å². The van der Waals surface area contributed by atoms with Crippen molar-refractivity contribution in [2.75, 3.05) is 0 Å². The number of benzene rings is 1. The molecule has 1 heterocycles. The van der Waals surface area contributed by atoms with Gasteiger partial charge in [-0.1, -0.05) is 12.1 Å². The summed E-state index contributed by atoms with van der Waals surface area (Å²) in [6, 6.07) is 5.95. The number of fused-ring (bicyclic) bond motifs is 1. The molecule has 0 spiro atoms. The van der Waals surface area contributed by atoms with Gasteiger partial charge >= 0.3 is 0 Å². The molecule has 0 aliphatic heterocycles. The molecule has 0 saturated carbocycles. The lowest BCUT2D eigenvalue weighted by Gasteiger charge is -2.23. The summed E-state index contributed by atoms with van der Waals surface area (Å²) in [5.41, 5.74) is 2.28. The van der Waals surface area contributed by atoms with Gasteiger partial charge in [-0.05, 0) is 31.4 Å². The summed E-state index contributed by atoms with van der Waals surface area (Å²) in [7, 11) is 1.90. The molecule has 20 heavy (non-hydrogen) atoms. The molecule has 1 N–H and O–H groups in total. The van der Waals surface area contributed by atoms with Crippen molar-refractivity contribution in [1.82, 2.24) is 15.1 Å². The molecule has 104 valence electrons. The van der Waals surface area contributed by atoms with E-state index in [9.17, 15) is 9.18 Å². The van der Waals surface area contributed by atoms with Crippen LogP contribution in [0.15, 0.2) is 30.5 Å². The van der Waals surface area contributed by atoms with E-state index in [0.29, 0.717) is 0 Å². The molecule has 1 amide bonds. The number of aryl methyl sites for hydroxylation is 1. The average molecular weight is 273 g/mol. The van der Waals surface area contributed by atoms with E-state index >= 15 is 0 Å². The molecule has 3 rings (SSSR count). The fraction of sp³-hybridized carbons (Fsp3) is 0.333. The van der Waals surface area contributed by atoms with Gasteiger partial charge in [0.25, 0.3) is 5.91 Å². The minimum atomic E-state index is -0.493. The summed E-state index contributed by atoms with van der Waals surface area (Å²) in [6.45, 7) is 0. The van der Waals surface area contributed by atoms with Crippen molar-refractivity contribution in [1.29, 1.82) is 0 Å². The second-order valence-corrected chi connectivity index (χ2v) is 5.07. The van der Waals surface area contributed by atoms with Crippen LogP contribution in [0.5, 0.6) is 0 Å². The normalized spacial score (nSPS) is 17.6. The Bertz CT molecular complexity index is 650. The van der Waals surface area contributed by atoms with E-state index in [1.807, 2.05) is 11.7 Å². The van der Waals surface area contributed by atoms with Crippen molar-refractivity contribution in [2.45, 2.75) is 25.3 Å². The van der Waals surface area contributed by atoms with E-state index in [4.69, 9.17) is 0 Å². The van der Waals surface area contributed by atoms with Crippen molar-refractivity contribution < 1.29 is 9.18 Å². The molecule has 0 radical (unpaired) electrons. The van der Waals surface area contributed by atoms with Crippen LogP contribution in [0.3, 0.4) is 0 Å². The van der Waals surface area contributed by atoms with Crippen molar-refractivity contribution in [3.05, 3.63) is 53.1 Å². The number of hydrogen-bond acceptors (Lipinski definition) is 2. The van der Waals surface area contributed by atoms with Crippen molar-refractivity contribution >= 4 is 5.91 Å². The Hall–Kier alpha value is -2.17. The smallest absolute Gasteiger partial charge is 0.254 e. The number of aromatic nitrogens is 2. The van der Waals surface area contributed by atoms with Gasteiger partial charge in [0.05, 0.1) is 17.8 Å². The fourth-order valence-corrected chi connectivity index (χ4v) is 2.74. The Morgan fingerprint density at radius 1 is 1.45 bits per heavy atom. The number of nitrogens with one attached hydrogen (secondary N) is 1. The molecule has 1 aliphatic carbocycles. The van der Waals surface area contributed by atoms with Crippen LogP contribution in [0.4, 0.5) is 4.39 Å². The highest BCUT2D eigenvalue weighted by molar-refractivity contribution is 5.94. The summed E-state index contributed by atoms with van der Waals surface area (Å²) in [4.78, 5) is 12.2. The molecule has 0 bridgehead atoms. The Morgan fingerprint density at radius 3 is 3.05 bits per heavy atom. The first-order valence-corrected chi connectivity index (χ1v) is 6.73. The zero-order chi connectivity index (χ0) is 14.1. The molecule has 1 aliphatic rings. The predicted octanol–water partition coefficient (Wildman–Crippen LogP) is 2.37. The molecular formula is C15H16FN3O. The SMILES string of the molecule is Cn1ncc2c1CCCC2NC(=O)c1ccccc1F. The molecule has 5 heteroatoms. The summed E-state index contributed by atoms with van der Waals surface area (Å²) in [6.07, 6.45) is 4.62.